The molecule has 0 radical (unpaired) electrons. The Balaban J connectivity index is 0.965. The third kappa shape index (κ3) is 20.0. The second kappa shape index (κ2) is 36.8. The van der Waals surface area contributed by atoms with Crippen LogP contribution in [-0.2, 0) is 126 Å². The van der Waals surface area contributed by atoms with Gasteiger partial charge in [-0.1, -0.05) is 255 Å². The first-order valence-corrected chi connectivity index (χ1v) is 33.7. The van der Waals surface area contributed by atoms with Crippen LogP contribution in [0.1, 0.15) is 57.0 Å². The van der Waals surface area contributed by atoms with Gasteiger partial charge in [-0.05, 0) is 69.1 Å². The van der Waals surface area contributed by atoms with Gasteiger partial charge in [-0.3, -0.25) is 0 Å². The van der Waals surface area contributed by atoms with Gasteiger partial charge in [0, 0.05) is 0 Å². The summed E-state index contributed by atoms with van der Waals surface area (Å²) in [6, 6.07) is 86.9. The van der Waals surface area contributed by atoms with Crippen molar-refractivity contribution in [2.75, 3.05) is 20.3 Å². The van der Waals surface area contributed by atoms with E-state index in [1.165, 1.54) is 0 Å². The van der Waals surface area contributed by atoms with Crippen LogP contribution in [0.4, 0.5) is 0 Å². The van der Waals surface area contributed by atoms with Crippen molar-refractivity contribution in [3.8, 4) is 5.75 Å². The van der Waals surface area contributed by atoms with Gasteiger partial charge in [0.25, 0.3) is 0 Å². The van der Waals surface area contributed by atoms with Crippen LogP contribution in [-0.4, -0.2) is 118 Å². The highest BCUT2D eigenvalue weighted by Crippen LogP contribution is 2.39. The fraction of sp³-hybridized carbons (Fsp3) is 0.341. The molecule has 16 nitrogen and oxygen atoms in total. The fourth-order valence-electron chi connectivity index (χ4n) is 12.4. The van der Waals surface area contributed by atoms with Gasteiger partial charge in [-0.15, -0.1) is 0 Å². The molecule has 0 unspecified atom stereocenters. The third-order valence-electron chi connectivity index (χ3n) is 17.6. The van der Waals surface area contributed by atoms with Crippen molar-refractivity contribution in [2.24, 2.45) is 0 Å². The molecular formula is C82H88O16. The Bertz CT molecular complexity index is 3650. The topological polar surface area (TPSA) is 159 Å². The first-order chi connectivity index (χ1) is 48.4. The first-order valence-electron chi connectivity index (χ1n) is 33.7. The van der Waals surface area contributed by atoms with Crippen molar-refractivity contribution < 1.29 is 76.2 Å². The van der Waals surface area contributed by atoms with Gasteiger partial charge >= 0.3 is 0 Å². The van der Waals surface area contributed by atoms with Crippen molar-refractivity contribution in [2.45, 2.75) is 159 Å². The number of hydrogen-bond donors (Lipinski definition) is 1. The quantitative estimate of drug-likeness (QED) is 0.0406. The van der Waals surface area contributed by atoms with Crippen molar-refractivity contribution in [1.29, 1.82) is 0 Å². The van der Waals surface area contributed by atoms with E-state index in [1.54, 1.807) is 7.11 Å². The van der Waals surface area contributed by atoms with Crippen molar-refractivity contribution in [1.82, 2.24) is 0 Å². The van der Waals surface area contributed by atoms with Crippen LogP contribution in [0, 0.1) is 0 Å². The second-order valence-electron chi connectivity index (χ2n) is 24.7. The predicted molar refractivity (Wildman–Crippen MR) is 368 cm³/mol. The molecule has 0 aliphatic carbocycles. The van der Waals surface area contributed by atoms with Crippen LogP contribution in [0.3, 0.4) is 0 Å². The van der Waals surface area contributed by atoms with Gasteiger partial charge in [0.15, 0.2) is 18.9 Å². The minimum Gasteiger partial charge on any atom is -0.497 e. The number of aliphatic hydroxyl groups is 1. The van der Waals surface area contributed by atoms with Crippen LogP contribution in [0.5, 0.6) is 5.75 Å². The van der Waals surface area contributed by atoms with Gasteiger partial charge in [0.05, 0.1) is 85.9 Å². The highest BCUT2D eigenvalue weighted by atomic mass is 16.8. The summed E-state index contributed by atoms with van der Waals surface area (Å²) < 4.78 is 105. The molecule has 3 fully saturated rings. The maximum Gasteiger partial charge on any atom is 0.187 e. The summed E-state index contributed by atoms with van der Waals surface area (Å²) in [5.74, 6) is 0.716. The van der Waals surface area contributed by atoms with Crippen LogP contribution in [0.2, 0.25) is 0 Å². The minimum absolute atomic E-state index is 0.0125. The molecule has 3 saturated heterocycles. The van der Waals surface area contributed by atoms with Gasteiger partial charge in [0.1, 0.15) is 72.9 Å². The zero-order valence-electron chi connectivity index (χ0n) is 55.4. The lowest BCUT2D eigenvalue weighted by Gasteiger charge is -2.51. The molecule has 0 aromatic heterocycles. The molecule has 3 heterocycles. The smallest absolute Gasteiger partial charge is 0.187 e. The maximum absolute atomic E-state index is 13.3. The highest BCUT2D eigenvalue weighted by molar-refractivity contribution is 5.27. The van der Waals surface area contributed by atoms with E-state index in [4.69, 9.17) is 71.1 Å². The predicted octanol–water partition coefficient (Wildman–Crippen LogP) is 13.5. The molecule has 15 atom stereocenters. The molecule has 98 heavy (non-hydrogen) atoms. The molecule has 512 valence electrons. The number of methoxy groups -OCH3 is 1. The molecule has 0 bridgehead atoms. The summed E-state index contributed by atoms with van der Waals surface area (Å²) in [5.41, 5.74) is 8.21. The molecule has 9 aromatic carbocycles. The van der Waals surface area contributed by atoms with E-state index in [-0.39, 0.29) is 72.7 Å². The summed E-state index contributed by atoms with van der Waals surface area (Å²) in [4.78, 5) is 0. The molecule has 0 spiro atoms. The lowest BCUT2D eigenvalue weighted by molar-refractivity contribution is -0.394. The third-order valence-corrected chi connectivity index (χ3v) is 17.6. The summed E-state index contributed by atoms with van der Waals surface area (Å²) in [5, 5.41) is 13.3. The number of hydrogen-bond acceptors (Lipinski definition) is 16. The summed E-state index contributed by atoms with van der Waals surface area (Å²) in [6.07, 6.45) is -15.8. The summed E-state index contributed by atoms with van der Waals surface area (Å²) in [6.45, 7) is 3.51. The Morgan fingerprint density at radius 3 is 0.949 bits per heavy atom. The van der Waals surface area contributed by atoms with E-state index in [0.29, 0.717) is 5.75 Å². The molecule has 0 saturated carbocycles. The zero-order chi connectivity index (χ0) is 66.9. The zero-order valence-corrected chi connectivity index (χ0v) is 55.4. The number of benzene rings is 9. The number of rotatable bonds is 34. The Labute approximate surface area is 575 Å². The van der Waals surface area contributed by atoms with E-state index in [0.717, 1.165) is 50.1 Å². The molecular weight excluding hydrogens is 1240 g/mol. The number of ether oxygens (including phenoxy) is 15. The fourth-order valence-corrected chi connectivity index (χ4v) is 12.4. The maximum atomic E-state index is 13.3. The molecule has 0 amide bonds. The van der Waals surface area contributed by atoms with E-state index in [9.17, 15) is 5.11 Å². The lowest BCUT2D eigenvalue weighted by Crippen LogP contribution is -2.68. The standard InChI is InChI=1S/C82H88O16/c1-58-72(87-49-61-31-15-5-16-32-61)76(78(91-53-65-39-23-9-24-40-65)81(94-58)93-55-67-43-45-68(84-2)46-44-67)98-82-79(92-54-66-41-25-10-26-42-66)77(74(89-51-63-35-19-7-20-36-63)70(96-82)57-86-48-60-29-13-4-14-30-60)97-80-71(83)75(90-52-64-37-21-8-22-38-64)73(88-50-62-33-17-6-18-34-62)69(95-80)56-85-47-59-27-11-3-12-28-59/h3-46,58,69-83H,47-57H2,1-2H3/t58-,69+,70+,71+,72-,73-,74+,75+,76+,77-,78+,79+,80+,81+,82+/m0/s1. The van der Waals surface area contributed by atoms with Gasteiger partial charge in [-0.25, -0.2) is 0 Å². The molecule has 3 aliphatic rings. The second-order valence-corrected chi connectivity index (χ2v) is 24.7. The molecule has 1 N–H and O–H groups in total. The molecule has 12 rings (SSSR count). The van der Waals surface area contributed by atoms with Crippen LogP contribution in [0.25, 0.3) is 0 Å². The van der Waals surface area contributed by atoms with Gasteiger partial charge in [-0.2, -0.15) is 0 Å². The molecule has 16 heteroatoms. The van der Waals surface area contributed by atoms with Crippen LogP contribution in [0.15, 0.2) is 267 Å². The average Bonchev–Trinajstić information content (AvgIpc) is 0.767. The van der Waals surface area contributed by atoms with E-state index >= 15 is 0 Å². The molecule has 9 aromatic rings. The van der Waals surface area contributed by atoms with Gasteiger partial charge in [0.2, 0.25) is 0 Å². The average molecular weight is 1330 g/mol. The minimum atomic E-state index is -1.49. The summed E-state index contributed by atoms with van der Waals surface area (Å²) >= 11 is 0. The SMILES string of the molecule is COc1ccc(CO[C@@H]2O[C@@H](C)[C@H](OCc3ccccc3)[C@@H](O[C@H]3O[C@H](COCc4ccccc4)[C@@H](OCc4ccccc4)[C@H](O[C@H]4O[C@H](COCc5ccccc5)[C@H](OCc5ccccc5)[C@H](OCc5ccccc5)[C@H]4O)[C@H]3OCc3ccccc3)[C@H]2OCc2ccccc2)cc1. The van der Waals surface area contributed by atoms with E-state index < -0.39 is 92.1 Å². The van der Waals surface area contributed by atoms with Crippen LogP contribution < -0.4 is 4.74 Å². The lowest BCUT2D eigenvalue weighted by atomic mass is 9.95. The Morgan fingerprint density at radius 1 is 0.276 bits per heavy atom. The van der Waals surface area contributed by atoms with E-state index in [2.05, 4.69) is 0 Å². The first kappa shape index (κ1) is 70.1. The Hall–Kier alpha value is -7.82. The molecule has 3 aliphatic heterocycles. The van der Waals surface area contributed by atoms with Crippen molar-refractivity contribution in [3.05, 3.63) is 317 Å². The van der Waals surface area contributed by atoms with Gasteiger partial charge < -0.3 is 76.2 Å². The van der Waals surface area contributed by atoms with Crippen LogP contribution >= 0.6 is 0 Å². The Kier molecular flexibility index (Phi) is 26.3. The van der Waals surface area contributed by atoms with E-state index in [1.807, 2.05) is 274 Å². The number of aliphatic hydroxyl groups excluding tert-OH is 1. The largest absolute Gasteiger partial charge is 0.497 e. The normalized spacial score (nSPS) is 25.6. The van der Waals surface area contributed by atoms with Crippen molar-refractivity contribution in [3.63, 3.8) is 0 Å². The van der Waals surface area contributed by atoms with Crippen molar-refractivity contribution >= 4 is 0 Å². The Morgan fingerprint density at radius 2 is 0.561 bits per heavy atom. The summed E-state index contributed by atoms with van der Waals surface area (Å²) in [7, 11) is 1.64. The highest BCUT2D eigenvalue weighted by Gasteiger charge is 2.57. The monoisotopic (exact) mass is 1330 g/mol.